The van der Waals surface area contributed by atoms with Gasteiger partial charge in [0.15, 0.2) is 5.82 Å². The first-order valence-electron chi connectivity index (χ1n) is 7.31. The van der Waals surface area contributed by atoms with E-state index in [9.17, 15) is 4.79 Å². The fraction of sp³-hybridized carbons (Fsp3) is 0.118. The molecule has 2 aromatic heterocycles. The summed E-state index contributed by atoms with van der Waals surface area (Å²) in [6.45, 7) is 1.94. The second kappa shape index (κ2) is 6.74. The van der Waals surface area contributed by atoms with Crippen molar-refractivity contribution in [3.63, 3.8) is 0 Å². The van der Waals surface area contributed by atoms with E-state index in [2.05, 4.69) is 20.7 Å². The predicted octanol–water partition coefficient (Wildman–Crippen LogP) is 3.15. The van der Waals surface area contributed by atoms with Crippen LogP contribution in [0, 0.1) is 0 Å². The molecular weight excluding hydrogens is 290 g/mol. The predicted molar refractivity (Wildman–Crippen MR) is 88.4 cm³/mol. The number of hydrogen-bond acceptors (Lipinski definition) is 3. The number of rotatable bonds is 4. The Morgan fingerprint density at radius 2 is 1.91 bits per heavy atom. The molecule has 2 N–H and O–H groups in total. The average molecular weight is 307 g/mol. The maximum Gasteiger partial charge on any atom is 0.319 e. The summed E-state index contributed by atoms with van der Waals surface area (Å²) < 4.78 is 1.61. The van der Waals surface area contributed by atoms with E-state index >= 15 is 0 Å². The molecule has 0 saturated carbocycles. The van der Waals surface area contributed by atoms with E-state index in [-0.39, 0.29) is 12.1 Å². The average Bonchev–Trinajstić information content (AvgIpc) is 3.04. The summed E-state index contributed by atoms with van der Waals surface area (Å²) in [6.07, 6.45) is 4.99. The molecule has 3 rings (SSSR count). The molecule has 6 nitrogen and oxygen atoms in total. The number of anilines is 1. The molecule has 3 aromatic rings. The van der Waals surface area contributed by atoms with Crippen molar-refractivity contribution < 1.29 is 4.79 Å². The van der Waals surface area contributed by atoms with Gasteiger partial charge in [-0.15, -0.1) is 0 Å². The Labute approximate surface area is 134 Å². The molecule has 0 saturated heterocycles. The number of hydrogen-bond donors (Lipinski definition) is 2. The Bertz CT molecular complexity index is 770. The van der Waals surface area contributed by atoms with Gasteiger partial charge in [0.25, 0.3) is 0 Å². The van der Waals surface area contributed by atoms with Crippen LogP contribution in [0.5, 0.6) is 0 Å². The van der Waals surface area contributed by atoms with Gasteiger partial charge < -0.3 is 10.6 Å². The highest BCUT2D eigenvalue weighted by Gasteiger charge is 2.10. The van der Waals surface area contributed by atoms with E-state index in [4.69, 9.17) is 0 Å². The van der Waals surface area contributed by atoms with Gasteiger partial charge in [-0.05, 0) is 24.6 Å². The summed E-state index contributed by atoms with van der Waals surface area (Å²) in [5.74, 6) is 0.693. The molecule has 6 heteroatoms. The van der Waals surface area contributed by atoms with Gasteiger partial charge in [-0.2, -0.15) is 5.10 Å². The monoisotopic (exact) mass is 307 g/mol. The summed E-state index contributed by atoms with van der Waals surface area (Å²) in [6, 6.07) is 15.0. The van der Waals surface area contributed by atoms with E-state index in [1.807, 2.05) is 55.5 Å². The van der Waals surface area contributed by atoms with Gasteiger partial charge in [0, 0.05) is 6.20 Å². The molecule has 1 unspecified atom stereocenters. The van der Waals surface area contributed by atoms with Crippen molar-refractivity contribution in [1.29, 1.82) is 0 Å². The molecule has 0 aliphatic rings. The molecule has 116 valence electrons. The number of nitrogens with one attached hydrogen (secondary N) is 2. The third-order valence-corrected chi connectivity index (χ3v) is 3.37. The lowest BCUT2D eigenvalue weighted by Gasteiger charge is -2.14. The SMILES string of the molecule is CC(NC(=O)Nc1cnn(-c2ccccn2)c1)c1ccccc1. The van der Waals surface area contributed by atoms with Gasteiger partial charge in [0.1, 0.15) is 0 Å². The van der Waals surface area contributed by atoms with Crippen molar-refractivity contribution in [1.82, 2.24) is 20.1 Å². The van der Waals surface area contributed by atoms with Gasteiger partial charge in [-0.3, -0.25) is 0 Å². The summed E-state index contributed by atoms with van der Waals surface area (Å²) in [7, 11) is 0. The van der Waals surface area contributed by atoms with Crippen LogP contribution in [0.25, 0.3) is 5.82 Å². The third-order valence-electron chi connectivity index (χ3n) is 3.37. The lowest BCUT2D eigenvalue weighted by Crippen LogP contribution is -2.31. The molecule has 0 aliphatic carbocycles. The number of pyridine rings is 1. The number of carbonyl (C=O) groups is 1. The highest BCUT2D eigenvalue weighted by Crippen LogP contribution is 2.13. The Kier molecular flexibility index (Phi) is 4.33. The van der Waals surface area contributed by atoms with Crippen molar-refractivity contribution in [2.75, 3.05) is 5.32 Å². The summed E-state index contributed by atoms with van der Waals surface area (Å²) >= 11 is 0. The maximum absolute atomic E-state index is 12.1. The normalized spacial score (nSPS) is 11.7. The number of amides is 2. The molecule has 1 atom stereocenters. The Morgan fingerprint density at radius 3 is 2.65 bits per heavy atom. The lowest BCUT2D eigenvalue weighted by atomic mass is 10.1. The molecule has 1 aromatic carbocycles. The van der Waals surface area contributed by atoms with Gasteiger partial charge >= 0.3 is 6.03 Å². The smallest absolute Gasteiger partial charge is 0.319 e. The first-order valence-corrected chi connectivity index (χ1v) is 7.31. The van der Waals surface area contributed by atoms with Crippen LogP contribution in [0.1, 0.15) is 18.5 Å². The molecule has 0 bridgehead atoms. The zero-order chi connectivity index (χ0) is 16.1. The van der Waals surface area contributed by atoms with Crippen LogP contribution in [0.2, 0.25) is 0 Å². The van der Waals surface area contributed by atoms with Crippen LogP contribution >= 0.6 is 0 Å². The highest BCUT2D eigenvalue weighted by molar-refractivity contribution is 5.89. The Balaban J connectivity index is 1.61. The van der Waals surface area contributed by atoms with E-state index in [1.165, 1.54) is 0 Å². The Hall–Kier alpha value is -3.15. The second-order valence-electron chi connectivity index (χ2n) is 5.09. The van der Waals surface area contributed by atoms with Crippen molar-refractivity contribution >= 4 is 11.7 Å². The minimum Gasteiger partial charge on any atom is -0.331 e. The third kappa shape index (κ3) is 3.74. The second-order valence-corrected chi connectivity index (χ2v) is 5.09. The topological polar surface area (TPSA) is 71.8 Å². The van der Waals surface area contributed by atoms with Crippen LogP contribution < -0.4 is 10.6 Å². The molecule has 2 amide bonds. The highest BCUT2D eigenvalue weighted by atomic mass is 16.2. The first-order chi connectivity index (χ1) is 11.2. The number of aromatic nitrogens is 3. The molecule has 0 spiro atoms. The minimum absolute atomic E-state index is 0.0814. The van der Waals surface area contributed by atoms with Gasteiger partial charge in [0.2, 0.25) is 0 Å². The van der Waals surface area contributed by atoms with E-state index in [0.29, 0.717) is 11.5 Å². The van der Waals surface area contributed by atoms with Gasteiger partial charge in [-0.1, -0.05) is 36.4 Å². The van der Waals surface area contributed by atoms with E-state index < -0.39 is 0 Å². The zero-order valence-electron chi connectivity index (χ0n) is 12.7. The molecule has 0 radical (unpaired) electrons. The fourth-order valence-electron chi connectivity index (χ4n) is 2.19. The fourth-order valence-corrected chi connectivity index (χ4v) is 2.19. The van der Waals surface area contributed by atoms with Crippen LogP contribution in [-0.2, 0) is 0 Å². The standard InChI is InChI=1S/C17H17N5O/c1-13(14-7-3-2-4-8-14)20-17(23)21-15-11-19-22(12-15)16-9-5-6-10-18-16/h2-13H,1H3,(H2,20,21,23). The van der Waals surface area contributed by atoms with Crippen molar-refractivity contribution in [3.05, 3.63) is 72.7 Å². The Morgan fingerprint density at radius 1 is 1.13 bits per heavy atom. The first kappa shape index (κ1) is 14.8. The van der Waals surface area contributed by atoms with Crippen LogP contribution in [0.4, 0.5) is 10.5 Å². The summed E-state index contributed by atoms with van der Waals surface area (Å²) in [4.78, 5) is 16.3. The van der Waals surface area contributed by atoms with Crippen LogP contribution in [-0.4, -0.2) is 20.8 Å². The number of nitrogens with zero attached hydrogens (tertiary/aromatic N) is 3. The molecular formula is C17H17N5O. The van der Waals surface area contributed by atoms with E-state index in [1.54, 1.807) is 23.3 Å². The summed E-state index contributed by atoms with van der Waals surface area (Å²) in [5.41, 5.74) is 1.65. The zero-order valence-corrected chi connectivity index (χ0v) is 12.7. The number of benzene rings is 1. The van der Waals surface area contributed by atoms with Gasteiger partial charge in [0.05, 0.1) is 24.1 Å². The van der Waals surface area contributed by atoms with Crippen molar-refractivity contribution in [2.45, 2.75) is 13.0 Å². The van der Waals surface area contributed by atoms with Gasteiger partial charge in [-0.25, -0.2) is 14.5 Å². The quantitative estimate of drug-likeness (QED) is 0.777. The van der Waals surface area contributed by atoms with Crippen molar-refractivity contribution in [3.8, 4) is 5.82 Å². The number of carbonyl (C=O) groups excluding carboxylic acids is 1. The van der Waals surface area contributed by atoms with Crippen molar-refractivity contribution in [2.24, 2.45) is 0 Å². The molecule has 2 heterocycles. The van der Waals surface area contributed by atoms with Crippen LogP contribution in [0.15, 0.2) is 67.1 Å². The maximum atomic E-state index is 12.1. The lowest BCUT2D eigenvalue weighted by molar-refractivity contribution is 0.249. The molecule has 0 aliphatic heterocycles. The number of urea groups is 1. The van der Waals surface area contributed by atoms with Crippen LogP contribution in [0.3, 0.4) is 0 Å². The largest absolute Gasteiger partial charge is 0.331 e. The summed E-state index contributed by atoms with van der Waals surface area (Å²) in [5, 5.41) is 9.85. The minimum atomic E-state index is -0.276. The molecule has 0 fully saturated rings. The molecule has 23 heavy (non-hydrogen) atoms. The van der Waals surface area contributed by atoms with E-state index in [0.717, 1.165) is 5.56 Å².